The molecule has 3 amide bonds. The molecule has 0 atom stereocenters. The Bertz CT molecular complexity index is 1020. The quantitative estimate of drug-likeness (QED) is 0.547. The Balaban J connectivity index is 1.69. The standard InChI is InChI=1S/C20H20ClN5O5/c1-13(27)24-8-10-25(11-9-24)17-7-4-15(12-18(17)26(30)31)20(29)23-22-19(28)14-2-5-16(21)6-3-14/h2-7,12H,8-11H2,1H3,(H,22,28)(H,23,29). The van der Waals surface area contributed by atoms with Crippen molar-refractivity contribution in [2.75, 3.05) is 31.1 Å². The number of nitrogens with zero attached hydrogens (tertiary/aromatic N) is 3. The summed E-state index contributed by atoms with van der Waals surface area (Å²) in [5, 5.41) is 12.1. The number of halogens is 1. The average molecular weight is 446 g/mol. The minimum atomic E-state index is -0.696. The molecule has 3 rings (SSSR count). The van der Waals surface area contributed by atoms with Crippen molar-refractivity contribution in [2.24, 2.45) is 0 Å². The average Bonchev–Trinajstić information content (AvgIpc) is 2.77. The number of amides is 3. The van der Waals surface area contributed by atoms with Crippen LogP contribution in [-0.2, 0) is 4.79 Å². The number of nitrogens with one attached hydrogen (secondary N) is 2. The van der Waals surface area contributed by atoms with Gasteiger partial charge in [0, 0.05) is 55.3 Å². The second-order valence-electron chi connectivity index (χ2n) is 6.87. The second-order valence-corrected chi connectivity index (χ2v) is 7.31. The van der Waals surface area contributed by atoms with Gasteiger partial charge in [0.25, 0.3) is 17.5 Å². The van der Waals surface area contributed by atoms with Crippen LogP contribution >= 0.6 is 11.6 Å². The number of piperazine rings is 1. The Morgan fingerprint density at radius 3 is 2.03 bits per heavy atom. The van der Waals surface area contributed by atoms with Crippen molar-refractivity contribution in [2.45, 2.75) is 6.92 Å². The van der Waals surface area contributed by atoms with Gasteiger partial charge in [0.1, 0.15) is 5.69 Å². The fourth-order valence-electron chi connectivity index (χ4n) is 3.20. The summed E-state index contributed by atoms with van der Waals surface area (Å²) in [5.41, 5.74) is 4.95. The molecule has 162 valence electrons. The summed E-state index contributed by atoms with van der Waals surface area (Å²) in [6.45, 7) is 3.31. The van der Waals surface area contributed by atoms with E-state index in [1.807, 2.05) is 4.90 Å². The number of nitro groups is 1. The summed E-state index contributed by atoms with van der Waals surface area (Å²) in [7, 11) is 0. The molecule has 1 aliphatic rings. The van der Waals surface area contributed by atoms with Crippen LogP contribution in [0.1, 0.15) is 27.6 Å². The van der Waals surface area contributed by atoms with Gasteiger partial charge in [-0.3, -0.25) is 35.3 Å². The normalized spacial score (nSPS) is 13.5. The summed E-state index contributed by atoms with van der Waals surface area (Å²) in [6, 6.07) is 10.2. The highest BCUT2D eigenvalue weighted by Crippen LogP contribution is 2.30. The van der Waals surface area contributed by atoms with E-state index in [9.17, 15) is 24.5 Å². The third-order valence-corrected chi connectivity index (χ3v) is 5.15. The Morgan fingerprint density at radius 2 is 1.48 bits per heavy atom. The summed E-state index contributed by atoms with van der Waals surface area (Å²) in [4.78, 5) is 50.5. The lowest BCUT2D eigenvalue weighted by Crippen LogP contribution is -2.48. The zero-order chi connectivity index (χ0) is 22.5. The van der Waals surface area contributed by atoms with Gasteiger partial charge in [-0.15, -0.1) is 0 Å². The van der Waals surface area contributed by atoms with E-state index >= 15 is 0 Å². The number of carbonyl (C=O) groups is 3. The van der Waals surface area contributed by atoms with Crippen molar-refractivity contribution >= 4 is 40.7 Å². The van der Waals surface area contributed by atoms with Crippen LogP contribution in [0.25, 0.3) is 0 Å². The number of hydrogen-bond acceptors (Lipinski definition) is 6. The largest absolute Gasteiger partial charge is 0.362 e. The topological polar surface area (TPSA) is 125 Å². The van der Waals surface area contributed by atoms with Gasteiger partial charge >= 0.3 is 0 Å². The molecule has 0 radical (unpaired) electrons. The molecule has 0 bridgehead atoms. The van der Waals surface area contributed by atoms with E-state index in [0.29, 0.717) is 36.9 Å². The molecular weight excluding hydrogens is 426 g/mol. The first-order chi connectivity index (χ1) is 14.8. The van der Waals surface area contributed by atoms with E-state index in [1.54, 1.807) is 4.90 Å². The van der Waals surface area contributed by atoms with Crippen LogP contribution in [0, 0.1) is 10.1 Å². The molecule has 0 saturated carbocycles. The summed E-state index contributed by atoms with van der Waals surface area (Å²) in [5.74, 6) is -1.29. The fourth-order valence-corrected chi connectivity index (χ4v) is 3.33. The van der Waals surface area contributed by atoms with Crippen molar-refractivity contribution in [3.8, 4) is 0 Å². The molecule has 10 nitrogen and oxygen atoms in total. The van der Waals surface area contributed by atoms with Gasteiger partial charge in [-0.05, 0) is 36.4 Å². The van der Waals surface area contributed by atoms with Gasteiger partial charge in [0.2, 0.25) is 5.91 Å². The molecule has 0 aliphatic carbocycles. The van der Waals surface area contributed by atoms with Gasteiger partial charge in [-0.25, -0.2) is 0 Å². The zero-order valence-corrected chi connectivity index (χ0v) is 17.4. The predicted octanol–water partition coefficient (Wildman–Crippen LogP) is 1.99. The summed E-state index contributed by atoms with van der Waals surface area (Å²) >= 11 is 5.78. The van der Waals surface area contributed by atoms with E-state index in [4.69, 9.17) is 11.6 Å². The van der Waals surface area contributed by atoms with Crippen molar-refractivity contribution in [1.29, 1.82) is 0 Å². The van der Waals surface area contributed by atoms with Gasteiger partial charge in [0.05, 0.1) is 4.92 Å². The highest BCUT2D eigenvalue weighted by Gasteiger charge is 2.26. The molecular formula is C20H20ClN5O5. The number of nitro benzene ring substituents is 1. The van der Waals surface area contributed by atoms with Crippen LogP contribution in [0.3, 0.4) is 0 Å². The zero-order valence-electron chi connectivity index (χ0n) is 16.6. The Hall–Kier alpha value is -3.66. The molecule has 2 aromatic carbocycles. The smallest absolute Gasteiger partial charge is 0.293 e. The number of carbonyl (C=O) groups excluding carboxylic acids is 3. The fraction of sp³-hybridized carbons (Fsp3) is 0.250. The predicted molar refractivity (Wildman–Crippen MR) is 114 cm³/mol. The number of rotatable bonds is 4. The lowest BCUT2D eigenvalue weighted by Gasteiger charge is -2.35. The van der Waals surface area contributed by atoms with Crippen molar-refractivity contribution < 1.29 is 19.3 Å². The number of anilines is 1. The van der Waals surface area contributed by atoms with Crippen LogP contribution in [0.15, 0.2) is 42.5 Å². The van der Waals surface area contributed by atoms with Gasteiger partial charge in [-0.1, -0.05) is 11.6 Å². The highest BCUT2D eigenvalue weighted by molar-refractivity contribution is 6.30. The first kappa shape index (κ1) is 22.0. The highest BCUT2D eigenvalue weighted by atomic mass is 35.5. The minimum absolute atomic E-state index is 0.0224. The molecule has 2 N–H and O–H groups in total. The molecule has 1 fully saturated rings. The van der Waals surface area contributed by atoms with Crippen molar-refractivity contribution in [1.82, 2.24) is 15.8 Å². The molecule has 2 aromatic rings. The van der Waals surface area contributed by atoms with E-state index in [1.165, 1.54) is 43.3 Å². The van der Waals surface area contributed by atoms with E-state index in [0.717, 1.165) is 6.07 Å². The van der Waals surface area contributed by atoms with Gasteiger partial charge < -0.3 is 9.80 Å². The first-order valence-electron chi connectivity index (χ1n) is 9.41. The third kappa shape index (κ3) is 5.28. The maximum atomic E-state index is 12.4. The van der Waals surface area contributed by atoms with Gasteiger partial charge in [0.15, 0.2) is 0 Å². The summed E-state index contributed by atoms with van der Waals surface area (Å²) < 4.78 is 0. The molecule has 31 heavy (non-hydrogen) atoms. The number of benzene rings is 2. The maximum absolute atomic E-state index is 12.4. The minimum Gasteiger partial charge on any atom is -0.362 e. The van der Waals surface area contributed by atoms with Crippen LogP contribution < -0.4 is 15.8 Å². The Morgan fingerprint density at radius 1 is 0.935 bits per heavy atom. The molecule has 1 aliphatic heterocycles. The summed E-state index contributed by atoms with van der Waals surface area (Å²) in [6.07, 6.45) is 0. The maximum Gasteiger partial charge on any atom is 0.293 e. The molecule has 0 aromatic heterocycles. The lowest BCUT2D eigenvalue weighted by atomic mass is 10.1. The molecule has 11 heteroatoms. The molecule has 0 spiro atoms. The molecule has 1 saturated heterocycles. The van der Waals surface area contributed by atoms with Crippen molar-refractivity contribution in [3.63, 3.8) is 0 Å². The second kappa shape index (κ2) is 9.43. The SMILES string of the molecule is CC(=O)N1CCN(c2ccc(C(=O)NNC(=O)c3ccc(Cl)cc3)cc2[N+](=O)[O-])CC1. The van der Waals surface area contributed by atoms with Gasteiger partial charge in [-0.2, -0.15) is 0 Å². The lowest BCUT2D eigenvalue weighted by molar-refractivity contribution is -0.384. The van der Waals surface area contributed by atoms with Crippen LogP contribution in [-0.4, -0.2) is 53.7 Å². The molecule has 0 unspecified atom stereocenters. The monoisotopic (exact) mass is 445 g/mol. The third-order valence-electron chi connectivity index (χ3n) is 4.90. The Labute approximate surface area is 182 Å². The number of hydrazine groups is 1. The molecule has 1 heterocycles. The van der Waals surface area contributed by atoms with Crippen LogP contribution in [0.2, 0.25) is 5.02 Å². The van der Waals surface area contributed by atoms with Crippen LogP contribution in [0.4, 0.5) is 11.4 Å². The van der Waals surface area contributed by atoms with E-state index in [2.05, 4.69) is 10.9 Å². The number of hydrogen-bond donors (Lipinski definition) is 2. The van der Waals surface area contributed by atoms with Crippen LogP contribution in [0.5, 0.6) is 0 Å². The first-order valence-corrected chi connectivity index (χ1v) is 9.79. The van der Waals surface area contributed by atoms with E-state index < -0.39 is 16.7 Å². The Kier molecular flexibility index (Phi) is 6.71. The van der Waals surface area contributed by atoms with E-state index in [-0.39, 0.29) is 22.7 Å². The van der Waals surface area contributed by atoms with Crippen molar-refractivity contribution in [3.05, 3.63) is 68.7 Å².